The van der Waals surface area contributed by atoms with E-state index in [4.69, 9.17) is 11.6 Å². The molecule has 1 aliphatic heterocycles. The first kappa shape index (κ1) is 7.62. The van der Waals surface area contributed by atoms with Gasteiger partial charge >= 0.3 is 0 Å². The summed E-state index contributed by atoms with van der Waals surface area (Å²) in [5.41, 5.74) is 1.62. The maximum absolute atomic E-state index is 11.3. The highest BCUT2D eigenvalue weighted by atomic mass is 35.5. The Hall–Kier alpha value is -1.02. The van der Waals surface area contributed by atoms with Gasteiger partial charge in [0, 0.05) is 29.2 Å². The number of nitrogens with one attached hydrogen (secondary N) is 1. The van der Waals surface area contributed by atoms with Crippen molar-refractivity contribution in [2.75, 3.05) is 11.9 Å². The van der Waals surface area contributed by atoms with Gasteiger partial charge in [-0.1, -0.05) is 11.6 Å². The summed E-state index contributed by atoms with van der Waals surface area (Å²) in [4.78, 5) is 11.3. The number of fused-ring (bicyclic) bond motifs is 1. The van der Waals surface area contributed by atoms with E-state index >= 15 is 0 Å². The van der Waals surface area contributed by atoms with Crippen LogP contribution < -0.4 is 5.32 Å². The first-order valence-corrected chi connectivity index (χ1v) is 4.22. The van der Waals surface area contributed by atoms with Crippen molar-refractivity contribution in [1.29, 1.82) is 0 Å². The molecule has 0 saturated carbocycles. The molecule has 0 spiro atoms. The fourth-order valence-corrected chi connectivity index (χ4v) is 1.52. The average molecular weight is 182 g/mol. The number of carbonyl (C=O) groups is 1. The lowest BCUT2D eigenvalue weighted by molar-refractivity contribution is 0.0984. The summed E-state index contributed by atoms with van der Waals surface area (Å²) in [5, 5.41) is 3.76. The van der Waals surface area contributed by atoms with Gasteiger partial charge in [-0.15, -0.1) is 0 Å². The fraction of sp³-hybridized carbons (Fsp3) is 0.222. The van der Waals surface area contributed by atoms with E-state index in [9.17, 15) is 4.79 Å². The molecule has 0 unspecified atom stereocenters. The zero-order chi connectivity index (χ0) is 8.55. The van der Waals surface area contributed by atoms with Crippen molar-refractivity contribution in [3.8, 4) is 0 Å². The van der Waals surface area contributed by atoms with E-state index in [1.54, 1.807) is 12.1 Å². The van der Waals surface area contributed by atoms with Gasteiger partial charge in [0.05, 0.1) is 0 Å². The molecule has 3 heteroatoms. The summed E-state index contributed by atoms with van der Waals surface area (Å²) in [5.74, 6) is 0.172. The van der Waals surface area contributed by atoms with Crippen LogP contribution >= 0.6 is 11.6 Å². The molecule has 0 saturated heterocycles. The number of ketones is 1. The van der Waals surface area contributed by atoms with Crippen LogP contribution in [-0.4, -0.2) is 12.3 Å². The van der Waals surface area contributed by atoms with E-state index in [-0.39, 0.29) is 5.78 Å². The lowest BCUT2D eigenvalue weighted by atomic mass is 10.0. The van der Waals surface area contributed by atoms with Gasteiger partial charge in [0.25, 0.3) is 0 Å². The molecule has 1 N–H and O–H groups in total. The first-order chi connectivity index (χ1) is 5.77. The third-order valence-corrected chi connectivity index (χ3v) is 2.18. The summed E-state index contributed by atoms with van der Waals surface area (Å²) in [6, 6.07) is 5.34. The first-order valence-electron chi connectivity index (χ1n) is 3.84. The number of carbonyl (C=O) groups excluding carboxylic acids is 1. The van der Waals surface area contributed by atoms with Crippen molar-refractivity contribution in [2.45, 2.75) is 6.42 Å². The highest BCUT2D eigenvalue weighted by Gasteiger charge is 2.15. The normalized spacial score (nSPS) is 15.2. The number of rotatable bonds is 0. The van der Waals surface area contributed by atoms with E-state index in [2.05, 4.69) is 5.32 Å². The lowest BCUT2D eigenvalue weighted by Crippen LogP contribution is -2.17. The van der Waals surface area contributed by atoms with Crippen molar-refractivity contribution in [1.82, 2.24) is 0 Å². The SMILES string of the molecule is O=C1CCNc2ccc(Cl)cc21. The van der Waals surface area contributed by atoms with Crippen molar-refractivity contribution in [3.63, 3.8) is 0 Å². The second-order valence-corrected chi connectivity index (χ2v) is 3.23. The van der Waals surface area contributed by atoms with Crippen LogP contribution in [0.15, 0.2) is 18.2 Å². The van der Waals surface area contributed by atoms with E-state index < -0.39 is 0 Å². The smallest absolute Gasteiger partial charge is 0.166 e. The molecule has 2 rings (SSSR count). The van der Waals surface area contributed by atoms with E-state index in [0.29, 0.717) is 17.0 Å². The zero-order valence-corrected chi connectivity index (χ0v) is 7.19. The Bertz CT molecular complexity index is 335. The van der Waals surface area contributed by atoms with Gasteiger partial charge in [0.1, 0.15) is 0 Å². The molecule has 62 valence electrons. The summed E-state index contributed by atoms with van der Waals surface area (Å²) < 4.78 is 0. The van der Waals surface area contributed by atoms with Gasteiger partial charge in [0.15, 0.2) is 5.78 Å². The molecule has 1 heterocycles. The summed E-state index contributed by atoms with van der Waals surface area (Å²) in [7, 11) is 0. The molecule has 0 bridgehead atoms. The van der Waals surface area contributed by atoms with Crippen LogP contribution in [0.5, 0.6) is 0 Å². The van der Waals surface area contributed by atoms with Crippen LogP contribution in [0.2, 0.25) is 5.02 Å². The van der Waals surface area contributed by atoms with Gasteiger partial charge < -0.3 is 5.32 Å². The molecule has 1 aliphatic rings. The Morgan fingerprint density at radius 1 is 1.42 bits per heavy atom. The van der Waals surface area contributed by atoms with Gasteiger partial charge in [-0.2, -0.15) is 0 Å². The van der Waals surface area contributed by atoms with Crippen molar-refractivity contribution < 1.29 is 4.79 Å². The average Bonchev–Trinajstić information content (AvgIpc) is 2.07. The van der Waals surface area contributed by atoms with Gasteiger partial charge in [0.2, 0.25) is 0 Å². The van der Waals surface area contributed by atoms with Crippen LogP contribution in [0.1, 0.15) is 16.8 Å². The maximum Gasteiger partial charge on any atom is 0.166 e. The molecule has 2 nitrogen and oxygen atoms in total. The third kappa shape index (κ3) is 1.18. The van der Waals surface area contributed by atoms with Crippen molar-refractivity contribution in [2.24, 2.45) is 0 Å². The molecule has 0 aliphatic carbocycles. The fourth-order valence-electron chi connectivity index (χ4n) is 1.35. The molecule has 0 fully saturated rings. The van der Waals surface area contributed by atoms with Crippen LogP contribution in [-0.2, 0) is 0 Å². The minimum absolute atomic E-state index is 0.172. The Morgan fingerprint density at radius 3 is 3.08 bits per heavy atom. The molecule has 0 atom stereocenters. The highest BCUT2D eigenvalue weighted by molar-refractivity contribution is 6.31. The number of hydrogen-bond donors (Lipinski definition) is 1. The predicted octanol–water partition coefficient (Wildman–Crippen LogP) is 2.34. The topological polar surface area (TPSA) is 29.1 Å². The molecular formula is C9H8ClNO. The largest absolute Gasteiger partial charge is 0.384 e. The molecule has 1 aromatic carbocycles. The number of benzene rings is 1. The summed E-state index contributed by atoms with van der Waals surface area (Å²) in [6.07, 6.45) is 0.563. The Balaban J connectivity index is 2.54. The maximum atomic E-state index is 11.3. The van der Waals surface area contributed by atoms with Gasteiger partial charge in [-0.05, 0) is 18.2 Å². The third-order valence-electron chi connectivity index (χ3n) is 1.95. The number of hydrogen-bond acceptors (Lipinski definition) is 2. The van der Waals surface area contributed by atoms with Crippen LogP contribution in [0.4, 0.5) is 5.69 Å². The Labute approximate surface area is 75.5 Å². The predicted molar refractivity (Wildman–Crippen MR) is 48.9 cm³/mol. The quantitative estimate of drug-likeness (QED) is 0.666. The van der Waals surface area contributed by atoms with E-state index in [0.717, 1.165) is 12.2 Å². The molecule has 1 aromatic rings. The van der Waals surface area contributed by atoms with Crippen LogP contribution in [0, 0.1) is 0 Å². The molecule has 0 radical (unpaired) electrons. The van der Waals surface area contributed by atoms with Crippen LogP contribution in [0.25, 0.3) is 0 Å². The highest BCUT2D eigenvalue weighted by Crippen LogP contribution is 2.24. The zero-order valence-electron chi connectivity index (χ0n) is 6.43. The molecular weight excluding hydrogens is 174 g/mol. The van der Waals surface area contributed by atoms with Gasteiger partial charge in [-0.3, -0.25) is 4.79 Å². The van der Waals surface area contributed by atoms with Gasteiger partial charge in [-0.25, -0.2) is 0 Å². The minimum atomic E-state index is 0.172. The Morgan fingerprint density at radius 2 is 2.25 bits per heavy atom. The lowest BCUT2D eigenvalue weighted by Gasteiger charge is -2.16. The number of anilines is 1. The Kier molecular flexibility index (Phi) is 1.77. The molecule has 0 aromatic heterocycles. The van der Waals surface area contributed by atoms with Crippen LogP contribution in [0.3, 0.4) is 0 Å². The van der Waals surface area contributed by atoms with E-state index in [1.807, 2.05) is 6.07 Å². The van der Waals surface area contributed by atoms with Crippen molar-refractivity contribution >= 4 is 23.1 Å². The van der Waals surface area contributed by atoms with E-state index in [1.165, 1.54) is 0 Å². The molecule has 12 heavy (non-hydrogen) atoms. The van der Waals surface area contributed by atoms with Crippen molar-refractivity contribution in [3.05, 3.63) is 28.8 Å². The standard InChI is InChI=1S/C9H8ClNO/c10-6-1-2-8-7(5-6)9(12)3-4-11-8/h1-2,5,11H,3-4H2. The number of halogens is 1. The minimum Gasteiger partial charge on any atom is -0.384 e. The second kappa shape index (κ2) is 2.79. The second-order valence-electron chi connectivity index (χ2n) is 2.79. The summed E-state index contributed by atoms with van der Waals surface area (Å²) >= 11 is 5.76. The number of Topliss-reactive ketones (excluding diaryl/α,β-unsaturated/α-hetero) is 1. The molecule has 0 amide bonds. The monoisotopic (exact) mass is 181 g/mol. The summed E-state index contributed by atoms with van der Waals surface area (Å²) in [6.45, 7) is 0.730.